The van der Waals surface area contributed by atoms with Gasteiger partial charge in [0.2, 0.25) is 47.3 Å². The Morgan fingerprint density at radius 1 is 0.500 bits per heavy atom. The lowest BCUT2D eigenvalue weighted by atomic mass is 9.98. The zero-order chi connectivity index (χ0) is 56.9. The molecule has 0 aromatic heterocycles. The lowest BCUT2D eigenvalue weighted by molar-refractivity contribution is -0.141. The second-order valence-corrected chi connectivity index (χ2v) is 19.6. The Morgan fingerprint density at radius 2 is 0.974 bits per heavy atom. The Morgan fingerprint density at radius 3 is 1.50 bits per heavy atom. The van der Waals surface area contributed by atoms with Crippen LogP contribution in [-0.4, -0.2) is 154 Å². The lowest BCUT2D eigenvalue weighted by Crippen LogP contribution is -2.55. The van der Waals surface area contributed by atoms with Gasteiger partial charge >= 0.3 is 11.9 Å². The molecule has 422 valence electrons. The molecule has 0 aliphatic carbocycles. The fourth-order valence-electron chi connectivity index (χ4n) is 7.87. The van der Waals surface area contributed by atoms with Crippen LogP contribution in [0.5, 0.6) is 0 Å². The molecule has 0 saturated heterocycles. The Balaban J connectivity index is 2.29. The number of carboxylic acid groups (broad SMARTS) is 2. The third-order valence-corrected chi connectivity index (χ3v) is 12.0. The van der Waals surface area contributed by atoms with Crippen molar-refractivity contribution in [3.05, 3.63) is 71.8 Å². The predicted octanol–water partition coefficient (Wildman–Crippen LogP) is -1.37. The maximum absolute atomic E-state index is 14.2. The number of carbonyl (C=O) groups is 10. The van der Waals surface area contributed by atoms with E-state index < -0.39 is 146 Å². The van der Waals surface area contributed by atoms with E-state index in [0.717, 1.165) is 5.56 Å². The van der Waals surface area contributed by atoms with E-state index in [4.69, 9.17) is 16.6 Å². The molecule has 0 aliphatic rings. The molecule has 0 saturated carbocycles. The topological polar surface area (TPSA) is 400 Å². The fourth-order valence-corrected chi connectivity index (χ4v) is 7.87. The molecule has 0 aliphatic heterocycles. The van der Waals surface area contributed by atoms with Gasteiger partial charge in [0.15, 0.2) is 0 Å². The van der Waals surface area contributed by atoms with Gasteiger partial charge in [-0.05, 0) is 68.5 Å². The van der Waals surface area contributed by atoms with Gasteiger partial charge in [-0.1, -0.05) is 88.4 Å². The standard InChI is InChI=1S/C52H80N10O14/c1-30(2)20-41(60-44(66)23-35(56-48(71)38(54)29-64)21-33-14-8-6-9-15-33)50(73)57-36(26-47(69)70)24-45(67)61-42(22-34-16-10-7-11-17-34)51(74)62-40(31(3)4)27-46(68)59-39(18-12-13-19-53)49(72)58-37(28-63)25-43(65)55-32(5)52(75)76/h6-11,14-17,30-32,35-42,63-64H,12-13,18-29,53-54H2,1-5H3,(H,55,65)(H,56,71)(H,57,73)(H,58,72)(H,59,68)(H,60,66)(H,61,67)(H,62,74)(H,69,70)(H,75,76)/t32-,35+,36-,37-,38-,39-,40-,41-,42-/m1/s1. The van der Waals surface area contributed by atoms with E-state index in [1.165, 1.54) is 6.92 Å². The summed E-state index contributed by atoms with van der Waals surface area (Å²) in [5.41, 5.74) is 12.8. The number of aliphatic hydroxyl groups excluding tert-OH is 2. The van der Waals surface area contributed by atoms with Gasteiger partial charge in [0.25, 0.3) is 0 Å². The van der Waals surface area contributed by atoms with E-state index in [-0.39, 0.29) is 50.4 Å². The van der Waals surface area contributed by atoms with Crippen molar-refractivity contribution in [2.75, 3.05) is 19.8 Å². The highest BCUT2D eigenvalue weighted by molar-refractivity contribution is 5.92. The van der Waals surface area contributed by atoms with Crippen LogP contribution in [0.1, 0.15) is 104 Å². The molecule has 9 atom stereocenters. The van der Waals surface area contributed by atoms with E-state index in [2.05, 4.69) is 42.5 Å². The minimum absolute atomic E-state index is 0.0474. The van der Waals surface area contributed by atoms with E-state index in [1.54, 1.807) is 88.4 Å². The first-order chi connectivity index (χ1) is 35.9. The van der Waals surface area contributed by atoms with Crippen LogP contribution < -0.4 is 54.0 Å². The van der Waals surface area contributed by atoms with Crippen LogP contribution in [0.2, 0.25) is 0 Å². The average molecular weight is 1070 g/mol. The highest BCUT2D eigenvalue weighted by atomic mass is 16.4. The largest absolute Gasteiger partial charge is 0.481 e. The molecule has 0 spiro atoms. The molecule has 0 radical (unpaired) electrons. The van der Waals surface area contributed by atoms with Crippen LogP contribution in [0, 0.1) is 11.8 Å². The summed E-state index contributed by atoms with van der Waals surface area (Å²) >= 11 is 0. The molecule has 0 fully saturated rings. The van der Waals surface area contributed by atoms with Crippen molar-refractivity contribution in [3.63, 3.8) is 0 Å². The molecule has 0 heterocycles. The summed E-state index contributed by atoms with van der Waals surface area (Å²) in [5.74, 6) is -8.93. The van der Waals surface area contributed by atoms with Crippen LogP contribution in [0.25, 0.3) is 0 Å². The number of carbonyl (C=O) groups excluding carboxylic acids is 8. The Bertz CT molecular complexity index is 2200. The molecule has 2 aromatic rings. The van der Waals surface area contributed by atoms with Gasteiger partial charge in [-0.15, -0.1) is 0 Å². The number of unbranched alkanes of at least 4 members (excludes halogenated alkanes) is 1. The SMILES string of the molecule is CC(C)C[C@@H](NC(=O)C[C@H](Cc1ccccc1)NC(=O)[C@H](N)CO)C(=O)N[C@@H](CC(=O)O)CC(=O)N[C@H](Cc1ccccc1)C(=O)N[C@H](CC(=O)N[C@H](CCCCN)C(=O)N[C@@H](CO)CC(=O)N[C@H](C)C(=O)O)C(C)C. The quantitative estimate of drug-likeness (QED) is 0.0350. The van der Waals surface area contributed by atoms with Crippen molar-refractivity contribution in [2.24, 2.45) is 23.3 Å². The molecule has 0 unspecified atom stereocenters. The number of amides is 8. The normalized spacial score (nSPS) is 14.7. The van der Waals surface area contributed by atoms with E-state index in [0.29, 0.717) is 24.9 Å². The zero-order valence-electron chi connectivity index (χ0n) is 44.0. The second-order valence-electron chi connectivity index (χ2n) is 19.6. The van der Waals surface area contributed by atoms with Crippen LogP contribution in [0.15, 0.2) is 60.7 Å². The molecule has 76 heavy (non-hydrogen) atoms. The van der Waals surface area contributed by atoms with E-state index in [1.807, 2.05) is 0 Å². The number of carboxylic acids is 2. The van der Waals surface area contributed by atoms with Crippen molar-refractivity contribution in [2.45, 2.75) is 160 Å². The van der Waals surface area contributed by atoms with Crippen molar-refractivity contribution >= 4 is 59.2 Å². The first kappa shape index (κ1) is 65.1. The monoisotopic (exact) mass is 1070 g/mol. The van der Waals surface area contributed by atoms with Crippen molar-refractivity contribution in [1.29, 1.82) is 0 Å². The number of hydrogen-bond acceptors (Lipinski definition) is 14. The molecule has 8 amide bonds. The number of benzene rings is 2. The molecule has 2 aromatic carbocycles. The van der Waals surface area contributed by atoms with Crippen molar-refractivity contribution in [1.82, 2.24) is 42.5 Å². The maximum Gasteiger partial charge on any atom is 0.325 e. The van der Waals surface area contributed by atoms with Gasteiger partial charge in [0, 0.05) is 50.2 Å². The predicted molar refractivity (Wildman–Crippen MR) is 279 cm³/mol. The number of nitrogens with two attached hydrogens (primary N) is 2. The Labute approximate surface area is 443 Å². The molecular weight excluding hydrogens is 989 g/mol. The van der Waals surface area contributed by atoms with Crippen molar-refractivity contribution < 1.29 is 68.4 Å². The smallest absolute Gasteiger partial charge is 0.325 e. The molecular formula is C52H80N10O14. The van der Waals surface area contributed by atoms with Gasteiger partial charge < -0.3 is 74.4 Å². The number of hydrogen-bond donors (Lipinski definition) is 14. The van der Waals surface area contributed by atoms with Gasteiger partial charge in [-0.25, -0.2) is 0 Å². The molecule has 2 rings (SSSR count). The summed E-state index contributed by atoms with van der Waals surface area (Å²) in [6.45, 7) is 7.31. The van der Waals surface area contributed by atoms with Crippen LogP contribution in [0.4, 0.5) is 0 Å². The fraction of sp³-hybridized carbons (Fsp3) is 0.577. The maximum atomic E-state index is 14.2. The molecule has 24 nitrogen and oxygen atoms in total. The number of rotatable bonds is 36. The Hall–Kier alpha value is -7.02. The summed E-state index contributed by atoms with van der Waals surface area (Å²) in [7, 11) is 0. The third kappa shape index (κ3) is 26.0. The third-order valence-electron chi connectivity index (χ3n) is 12.0. The highest BCUT2D eigenvalue weighted by Gasteiger charge is 2.32. The van der Waals surface area contributed by atoms with Gasteiger partial charge in [-0.2, -0.15) is 0 Å². The minimum Gasteiger partial charge on any atom is -0.481 e. The summed E-state index contributed by atoms with van der Waals surface area (Å²) < 4.78 is 0. The summed E-state index contributed by atoms with van der Waals surface area (Å²) in [5, 5.41) is 59.2. The minimum atomic E-state index is -1.36. The number of aliphatic hydroxyl groups is 2. The van der Waals surface area contributed by atoms with E-state index in [9.17, 15) is 63.3 Å². The van der Waals surface area contributed by atoms with Crippen molar-refractivity contribution in [3.8, 4) is 0 Å². The lowest BCUT2D eigenvalue weighted by Gasteiger charge is -2.28. The van der Waals surface area contributed by atoms with E-state index >= 15 is 0 Å². The number of nitrogens with one attached hydrogen (secondary N) is 8. The number of aliphatic carboxylic acids is 2. The molecule has 0 bridgehead atoms. The first-order valence-electron chi connectivity index (χ1n) is 25.5. The molecule has 16 N–H and O–H groups in total. The summed E-state index contributed by atoms with van der Waals surface area (Å²) in [4.78, 5) is 131. The van der Waals surface area contributed by atoms with Crippen LogP contribution in [0.3, 0.4) is 0 Å². The van der Waals surface area contributed by atoms with Gasteiger partial charge in [0.1, 0.15) is 30.2 Å². The van der Waals surface area contributed by atoms with Crippen LogP contribution in [-0.2, 0) is 60.8 Å². The summed E-state index contributed by atoms with van der Waals surface area (Å²) in [6.07, 6.45) is -1.12. The van der Waals surface area contributed by atoms with Gasteiger partial charge in [0.05, 0.1) is 25.7 Å². The summed E-state index contributed by atoms with van der Waals surface area (Å²) in [6, 6.07) is 7.38. The Kier molecular flexibility index (Phi) is 29.6. The molecule has 24 heteroatoms. The first-order valence-corrected chi connectivity index (χ1v) is 25.5. The second kappa shape index (κ2) is 34.5. The average Bonchev–Trinajstić information content (AvgIpc) is 3.34. The zero-order valence-corrected chi connectivity index (χ0v) is 44.0. The highest BCUT2D eigenvalue weighted by Crippen LogP contribution is 2.14. The van der Waals surface area contributed by atoms with Crippen LogP contribution >= 0.6 is 0 Å². The van der Waals surface area contributed by atoms with Gasteiger partial charge in [-0.3, -0.25) is 47.9 Å².